The molecule has 4 nitrogen and oxygen atoms in total. The number of thiazole rings is 1. The van der Waals surface area contributed by atoms with Crippen LogP contribution in [0.25, 0.3) is 0 Å². The second-order valence-electron chi connectivity index (χ2n) is 3.28. The third-order valence-electron chi connectivity index (χ3n) is 2.06. The summed E-state index contributed by atoms with van der Waals surface area (Å²) in [6, 6.07) is 3.57. The van der Waals surface area contributed by atoms with Gasteiger partial charge in [0.05, 0.1) is 17.7 Å². The van der Waals surface area contributed by atoms with Gasteiger partial charge in [0.15, 0.2) is 0 Å². The van der Waals surface area contributed by atoms with E-state index in [-0.39, 0.29) is 5.91 Å². The zero-order valence-electron chi connectivity index (χ0n) is 8.68. The fraction of sp³-hybridized carbons (Fsp3) is 0.273. The Morgan fingerprint density at radius 1 is 1.56 bits per heavy atom. The molecule has 84 valence electrons. The second kappa shape index (κ2) is 5.46. The molecule has 0 radical (unpaired) electrons. The highest BCUT2D eigenvalue weighted by molar-refractivity contribution is 7.09. The van der Waals surface area contributed by atoms with Gasteiger partial charge < -0.3 is 9.73 Å². The monoisotopic (exact) mass is 236 g/mol. The van der Waals surface area contributed by atoms with Crippen molar-refractivity contribution in [2.45, 2.75) is 12.8 Å². The molecule has 0 aliphatic rings. The minimum absolute atomic E-state index is 0.0218. The molecule has 0 aliphatic heterocycles. The van der Waals surface area contributed by atoms with Crippen molar-refractivity contribution in [3.63, 3.8) is 0 Å². The lowest BCUT2D eigenvalue weighted by Gasteiger charge is -2.01. The zero-order chi connectivity index (χ0) is 11.2. The molecule has 2 heterocycles. The van der Waals surface area contributed by atoms with Crippen molar-refractivity contribution in [1.29, 1.82) is 0 Å². The van der Waals surface area contributed by atoms with Crippen molar-refractivity contribution in [3.05, 3.63) is 40.7 Å². The van der Waals surface area contributed by atoms with Crippen LogP contribution in [0, 0.1) is 0 Å². The fourth-order valence-electron chi connectivity index (χ4n) is 1.32. The van der Waals surface area contributed by atoms with Gasteiger partial charge >= 0.3 is 0 Å². The van der Waals surface area contributed by atoms with Crippen molar-refractivity contribution >= 4 is 17.2 Å². The molecule has 0 aromatic carbocycles. The number of hydrogen-bond acceptors (Lipinski definition) is 4. The highest BCUT2D eigenvalue weighted by Gasteiger charge is 2.05. The SMILES string of the molecule is O=C(Cc1ccco1)NCCc1nccs1. The smallest absolute Gasteiger partial charge is 0.227 e. The third kappa shape index (κ3) is 3.20. The number of rotatable bonds is 5. The number of carbonyl (C=O) groups is 1. The summed E-state index contributed by atoms with van der Waals surface area (Å²) in [6.45, 7) is 0.618. The molecule has 0 atom stereocenters. The van der Waals surface area contributed by atoms with Gasteiger partial charge in [0.1, 0.15) is 5.76 Å². The summed E-state index contributed by atoms with van der Waals surface area (Å²) >= 11 is 1.60. The number of aromatic nitrogens is 1. The topological polar surface area (TPSA) is 55.1 Å². The molecular formula is C11H12N2O2S. The normalized spacial score (nSPS) is 10.2. The predicted octanol–water partition coefficient (Wildman–Crippen LogP) is 1.64. The van der Waals surface area contributed by atoms with E-state index in [1.807, 2.05) is 5.38 Å². The summed E-state index contributed by atoms with van der Waals surface area (Å²) in [5.41, 5.74) is 0. The van der Waals surface area contributed by atoms with E-state index < -0.39 is 0 Å². The Kier molecular flexibility index (Phi) is 3.71. The first kappa shape index (κ1) is 10.9. The van der Waals surface area contributed by atoms with Gasteiger partial charge in [-0.25, -0.2) is 4.98 Å². The molecule has 5 heteroatoms. The van der Waals surface area contributed by atoms with Crippen molar-refractivity contribution in [2.75, 3.05) is 6.54 Å². The molecule has 0 saturated heterocycles. The molecule has 0 fully saturated rings. The quantitative estimate of drug-likeness (QED) is 0.858. The lowest BCUT2D eigenvalue weighted by atomic mass is 10.3. The molecule has 0 spiro atoms. The summed E-state index contributed by atoms with van der Waals surface area (Å²) in [5.74, 6) is 0.665. The molecule has 2 rings (SSSR count). The van der Waals surface area contributed by atoms with Crippen LogP contribution in [0.5, 0.6) is 0 Å². The molecule has 1 N–H and O–H groups in total. The number of nitrogens with one attached hydrogen (secondary N) is 1. The average Bonchev–Trinajstić information content (AvgIpc) is 2.90. The summed E-state index contributed by atoms with van der Waals surface area (Å²) in [5, 5.41) is 5.80. The molecule has 1 amide bonds. The molecular weight excluding hydrogens is 224 g/mol. The van der Waals surface area contributed by atoms with Gasteiger partial charge in [0.2, 0.25) is 5.91 Å². The van der Waals surface area contributed by atoms with Crippen LogP contribution in [-0.4, -0.2) is 17.4 Å². The van der Waals surface area contributed by atoms with Crippen molar-refractivity contribution < 1.29 is 9.21 Å². The van der Waals surface area contributed by atoms with Gasteiger partial charge in [0, 0.05) is 24.5 Å². The number of carbonyl (C=O) groups excluding carboxylic acids is 1. The van der Waals surface area contributed by atoms with E-state index in [0.717, 1.165) is 11.4 Å². The lowest BCUT2D eigenvalue weighted by Crippen LogP contribution is -2.27. The Morgan fingerprint density at radius 2 is 2.50 bits per heavy atom. The highest BCUT2D eigenvalue weighted by atomic mass is 32.1. The number of nitrogens with zero attached hydrogens (tertiary/aromatic N) is 1. The van der Waals surface area contributed by atoms with E-state index in [4.69, 9.17) is 4.42 Å². The summed E-state index contributed by atoms with van der Waals surface area (Å²) < 4.78 is 5.09. The number of furan rings is 1. The van der Waals surface area contributed by atoms with E-state index in [2.05, 4.69) is 10.3 Å². The van der Waals surface area contributed by atoms with E-state index in [9.17, 15) is 4.79 Å². The average molecular weight is 236 g/mol. The van der Waals surface area contributed by atoms with Crippen LogP contribution in [0.15, 0.2) is 34.4 Å². The van der Waals surface area contributed by atoms with Crippen molar-refractivity contribution in [3.8, 4) is 0 Å². The highest BCUT2D eigenvalue weighted by Crippen LogP contribution is 2.04. The fourth-order valence-corrected chi connectivity index (χ4v) is 1.94. The van der Waals surface area contributed by atoms with Crippen LogP contribution in [0.1, 0.15) is 10.8 Å². The summed E-state index contributed by atoms with van der Waals surface area (Å²) in [6.07, 6.45) is 4.41. The summed E-state index contributed by atoms with van der Waals surface area (Å²) in [7, 11) is 0. The van der Waals surface area contributed by atoms with E-state index in [1.165, 1.54) is 0 Å². The Morgan fingerprint density at radius 3 is 3.19 bits per heavy atom. The van der Waals surface area contributed by atoms with E-state index in [0.29, 0.717) is 18.7 Å². The largest absolute Gasteiger partial charge is 0.469 e. The van der Waals surface area contributed by atoms with Crippen LogP contribution in [0.3, 0.4) is 0 Å². The van der Waals surface area contributed by atoms with Crippen LogP contribution in [0.4, 0.5) is 0 Å². The molecule has 2 aromatic heterocycles. The van der Waals surface area contributed by atoms with Gasteiger partial charge in [-0.15, -0.1) is 11.3 Å². The van der Waals surface area contributed by atoms with Crippen LogP contribution < -0.4 is 5.32 Å². The van der Waals surface area contributed by atoms with Gasteiger partial charge in [-0.05, 0) is 12.1 Å². The standard InChI is InChI=1S/C11H12N2O2S/c14-10(8-9-2-1-6-15-9)12-4-3-11-13-5-7-16-11/h1-2,5-7H,3-4,8H2,(H,12,14). The molecule has 0 bridgehead atoms. The summed E-state index contributed by atoms with van der Waals surface area (Å²) in [4.78, 5) is 15.6. The Hall–Kier alpha value is -1.62. The van der Waals surface area contributed by atoms with Gasteiger partial charge in [0.25, 0.3) is 0 Å². The van der Waals surface area contributed by atoms with Crippen LogP contribution in [0.2, 0.25) is 0 Å². The van der Waals surface area contributed by atoms with Gasteiger partial charge in [-0.1, -0.05) is 0 Å². The number of hydrogen-bond donors (Lipinski definition) is 1. The van der Waals surface area contributed by atoms with E-state index in [1.54, 1.807) is 35.9 Å². The van der Waals surface area contributed by atoms with Crippen LogP contribution in [-0.2, 0) is 17.6 Å². The maximum absolute atomic E-state index is 11.5. The van der Waals surface area contributed by atoms with E-state index >= 15 is 0 Å². The second-order valence-corrected chi connectivity index (χ2v) is 4.26. The third-order valence-corrected chi connectivity index (χ3v) is 2.90. The first-order valence-electron chi connectivity index (χ1n) is 5.02. The Bertz CT molecular complexity index is 423. The predicted molar refractivity (Wildman–Crippen MR) is 61.2 cm³/mol. The van der Waals surface area contributed by atoms with Crippen molar-refractivity contribution in [1.82, 2.24) is 10.3 Å². The van der Waals surface area contributed by atoms with Crippen molar-refractivity contribution in [2.24, 2.45) is 0 Å². The lowest BCUT2D eigenvalue weighted by molar-refractivity contribution is -0.120. The Labute approximate surface area is 97.3 Å². The van der Waals surface area contributed by atoms with Gasteiger partial charge in [-0.3, -0.25) is 4.79 Å². The maximum Gasteiger partial charge on any atom is 0.227 e. The molecule has 0 unspecified atom stereocenters. The minimum atomic E-state index is -0.0218. The first-order chi connectivity index (χ1) is 7.84. The Balaban J connectivity index is 1.68. The molecule has 16 heavy (non-hydrogen) atoms. The minimum Gasteiger partial charge on any atom is -0.469 e. The molecule has 0 aliphatic carbocycles. The molecule has 0 saturated carbocycles. The molecule has 2 aromatic rings. The number of amides is 1. The first-order valence-corrected chi connectivity index (χ1v) is 5.90. The maximum atomic E-state index is 11.5. The van der Waals surface area contributed by atoms with Crippen LogP contribution >= 0.6 is 11.3 Å². The zero-order valence-corrected chi connectivity index (χ0v) is 9.50. The van der Waals surface area contributed by atoms with Gasteiger partial charge in [-0.2, -0.15) is 0 Å².